The lowest BCUT2D eigenvalue weighted by molar-refractivity contribution is 0.0716. The average molecular weight is 921 g/mol. The molecule has 4 aromatic carbocycles. The summed E-state index contributed by atoms with van der Waals surface area (Å²) >= 11 is 5.13. The minimum absolute atomic E-state index is 0.276. The highest BCUT2D eigenvalue weighted by molar-refractivity contribution is 7.12. The molecule has 12 heteroatoms. The molecule has 1 aliphatic rings. The molecule has 0 aliphatic heterocycles. The van der Waals surface area contributed by atoms with Crippen LogP contribution in [-0.4, -0.2) is 23.9 Å². The van der Waals surface area contributed by atoms with Crippen molar-refractivity contribution in [2.45, 2.75) is 51.4 Å². The summed E-state index contributed by atoms with van der Waals surface area (Å²) in [6.07, 6.45) is 0. The van der Waals surface area contributed by atoms with Crippen LogP contribution in [-0.2, 0) is 0 Å². The van der Waals surface area contributed by atoms with Gasteiger partial charge in [-0.05, 0) is 80.2 Å². The number of fused-ring (bicyclic) bond motifs is 8. The van der Waals surface area contributed by atoms with E-state index in [-0.39, 0.29) is 46.7 Å². The van der Waals surface area contributed by atoms with E-state index in [4.69, 9.17) is 18.9 Å². The third kappa shape index (κ3) is 8.74. The number of carbonyl (C=O) groups is 4. The van der Waals surface area contributed by atoms with Gasteiger partial charge in [0.1, 0.15) is 42.5 Å². The molecule has 0 saturated carbocycles. The summed E-state index contributed by atoms with van der Waals surface area (Å²) in [5.74, 6) is -2.26. The molecule has 1 aliphatic carbocycles. The zero-order valence-electron chi connectivity index (χ0n) is 35.1. The molecule has 4 aromatic heterocycles. The van der Waals surface area contributed by atoms with Gasteiger partial charge in [0.15, 0.2) is 0 Å². The third-order valence-electron chi connectivity index (χ3n) is 11.7. The van der Waals surface area contributed by atoms with E-state index in [2.05, 4.69) is 39.8 Å². The zero-order valence-corrected chi connectivity index (χ0v) is 38.3. The predicted octanol–water partition coefficient (Wildman–Crippen LogP) is 13.7. The molecule has 64 heavy (non-hydrogen) atoms. The van der Waals surface area contributed by atoms with Crippen LogP contribution < -0.4 is 18.9 Å². The van der Waals surface area contributed by atoms with Crippen molar-refractivity contribution in [1.82, 2.24) is 0 Å². The van der Waals surface area contributed by atoms with Crippen molar-refractivity contribution in [3.63, 3.8) is 0 Å². The Bertz CT molecular complexity index is 2600. The molecule has 0 radical (unpaired) electrons. The number of carbonyl (C=O) groups excluding carboxylic acids is 4. The monoisotopic (exact) mass is 920 g/mol. The van der Waals surface area contributed by atoms with Gasteiger partial charge in [0.05, 0.1) is 0 Å². The minimum Gasteiger partial charge on any atom is -0.422 e. The van der Waals surface area contributed by atoms with Crippen LogP contribution >= 0.6 is 45.3 Å². The van der Waals surface area contributed by atoms with Gasteiger partial charge in [-0.2, -0.15) is 0 Å². The van der Waals surface area contributed by atoms with Crippen LogP contribution in [0.2, 0.25) is 0 Å². The number of rotatable bonds is 8. The van der Waals surface area contributed by atoms with Crippen molar-refractivity contribution in [2.75, 3.05) is 0 Å². The fourth-order valence-electron chi connectivity index (χ4n) is 7.99. The molecule has 4 atom stereocenters. The van der Waals surface area contributed by atoms with Gasteiger partial charge in [0.2, 0.25) is 0 Å². The maximum Gasteiger partial charge on any atom is 0.353 e. The maximum absolute atomic E-state index is 13.7. The average Bonchev–Trinajstić information content (AvgIpc) is 4.17. The van der Waals surface area contributed by atoms with E-state index >= 15 is 0 Å². The molecule has 9 rings (SSSR count). The van der Waals surface area contributed by atoms with Gasteiger partial charge in [-0.25, -0.2) is 19.2 Å². The summed E-state index contributed by atoms with van der Waals surface area (Å²) in [6.45, 7) is 8.23. The Hall–Kier alpha value is -6.44. The van der Waals surface area contributed by atoms with Crippen molar-refractivity contribution < 1.29 is 38.1 Å². The van der Waals surface area contributed by atoms with E-state index < -0.39 is 23.9 Å². The van der Waals surface area contributed by atoms with Gasteiger partial charge in [-0.1, -0.05) is 100 Å². The fourth-order valence-corrected chi connectivity index (χ4v) is 10.4. The molecule has 0 N–H and O–H groups in total. The minimum atomic E-state index is -0.518. The molecule has 8 aromatic rings. The molecule has 4 heterocycles. The summed E-state index contributed by atoms with van der Waals surface area (Å²) in [7, 11) is 0. The second-order valence-electron chi connectivity index (χ2n) is 15.5. The van der Waals surface area contributed by atoms with Crippen LogP contribution in [0.25, 0.3) is 0 Å². The first-order valence-electron chi connectivity index (χ1n) is 20.6. The lowest BCUT2D eigenvalue weighted by Gasteiger charge is -2.26. The number of benzene rings is 4. The fraction of sp³-hybridized carbons (Fsp3) is 0.154. The number of esters is 4. The van der Waals surface area contributed by atoms with Gasteiger partial charge in [0, 0.05) is 58.1 Å². The predicted molar refractivity (Wildman–Crippen MR) is 253 cm³/mol. The van der Waals surface area contributed by atoms with Crippen molar-refractivity contribution in [1.29, 1.82) is 0 Å². The van der Waals surface area contributed by atoms with E-state index in [1.54, 1.807) is 60.7 Å². The van der Waals surface area contributed by atoms with E-state index in [1.165, 1.54) is 45.3 Å². The van der Waals surface area contributed by atoms with Gasteiger partial charge in [0.25, 0.3) is 0 Å². The first-order valence-corrected chi connectivity index (χ1v) is 24.1. The molecule has 0 spiro atoms. The first-order chi connectivity index (χ1) is 31.0. The number of hydrogen-bond acceptors (Lipinski definition) is 12. The number of thiophene rings is 4. The van der Waals surface area contributed by atoms with E-state index in [1.807, 2.05) is 70.1 Å². The van der Waals surface area contributed by atoms with Gasteiger partial charge < -0.3 is 18.9 Å². The van der Waals surface area contributed by atoms with E-state index in [0.717, 1.165) is 44.5 Å². The van der Waals surface area contributed by atoms with Crippen LogP contribution in [0.15, 0.2) is 143 Å². The van der Waals surface area contributed by atoms with Crippen LogP contribution in [0.4, 0.5) is 0 Å². The summed E-state index contributed by atoms with van der Waals surface area (Å²) in [5.41, 5.74) is 6.65. The Labute approximate surface area is 386 Å². The zero-order chi connectivity index (χ0) is 44.5. The van der Waals surface area contributed by atoms with Crippen molar-refractivity contribution in [3.8, 4) is 23.0 Å². The highest BCUT2D eigenvalue weighted by Gasteiger charge is 2.30. The molecule has 320 valence electrons. The van der Waals surface area contributed by atoms with Crippen molar-refractivity contribution in [2.24, 2.45) is 0 Å². The SMILES string of the molecule is CC1c2cccc(c2)C(C)c2cc(c(OC(=O)c3cccs3)cc2OC(=O)c2cccs2)C(C)c2cccc(c2)C(C)c2cc1c(OC(=O)c1cccs1)cc2OC(=O)c1cccs1. The largest absolute Gasteiger partial charge is 0.422 e. The highest BCUT2D eigenvalue weighted by Crippen LogP contribution is 2.46. The topological polar surface area (TPSA) is 105 Å². The van der Waals surface area contributed by atoms with Crippen LogP contribution in [0.5, 0.6) is 23.0 Å². The van der Waals surface area contributed by atoms with Gasteiger partial charge >= 0.3 is 23.9 Å². The summed E-state index contributed by atoms with van der Waals surface area (Å²) in [4.78, 5) is 56.4. The summed E-state index contributed by atoms with van der Waals surface area (Å²) in [5, 5.41) is 7.27. The second-order valence-corrected chi connectivity index (χ2v) is 19.3. The van der Waals surface area contributed by atoms with Crippen molar-refractivity contribution in [3.05, 3.63) is 207 Å². The Morgan fingerprint density at radius 2 is 0.594 bits per heavy atom. The molecule has 0 amide bonds. The molecule has 0 fully saturated rings. The van der Waals surface area contributed by atoms with E-state index in [0.29, 0.717) is 19.5 Å². The molecular weight excluding hydrogens is 881 g/mol. The van der Waals surface area contributed by atoms with E-state index in [9.17, 15) is 19.2 Å². The van der Waals surface area contributed by atoms with Crippen molar-refractivity contribution >= 4 is 69.2 Å². The quantitative estimate of drug-likeness (QED) is 0.110. The highest BCUT2D eigenvalue weighted by atomic mass is 32.1. The molecule has 4 unspecified atom stereocenters. The Balaban J connectivity index is 1.24. The Morgan fingerprint density at radius 3 is 0.812 bits per heavy atom. The normalized spacial score (nSPS) is 16.7. The van der Waals surface area contributed by atoms with Crippen LogP contribution in [0.1, 0.15) is 135 Å². The molecule has 8 bridgehead atoms. The van der Waals surface area contributed by atoms with Gasteiger partial charge in [-0.3, -0.25) is 0 Å². The second kappa shape index (κ2) is 18.3. The van der Waals surface area contributed by atoms with Crippen LogP contribution in [0.3, 0.4) is 0 Å². The number of ether oxygens (including phenoxy) is 4. The third-order valence-corrected chi connectivity index (χ3v) is 15.1. The lowest BCUT2D eigenvalue weighted by Crippen LogP contribution is -2.15. The molecule has 8 nitrogen and oxygen atoms in total. The maximum atomic E-state index is 13.7. The molecular formula is C52H40O8S4. The summed E-state index contributed by atoms with van der Waals surface area (Å²) in [6, 6.07) is 37.7. The number of hydrogen-bond donors (Lipinski definition) is 0. The van der Waals surface area contributed by atoms with Crippen LogP contribution in [0, 0.1) is 0 Å². The Morgan fingerprint density at radius 1 is 0.344 bits per heavy atom. The smallest absolute Gasteiger partial charge is 0.353 e. The standard InChI is InChI=1S/C52H40O8S4/c1-29-33-11-5-12-34(23-33)30(2)39-26-40(44(60-52(56)48-18-10-22-64-48)28-43(39)59-51(55)47-17-9-21-63-47)32(4)36-14-6-13-35(24-36)31(3)38-25-37(29)41(57-49(53)45-15-7-19-61-45)27-42(38)58-50(54)46-16-8-20-62-46/h5-32H,1-4H3. The molecule has 0 saturated heterocycles. The lowest BCUT2D eigenvalue weighted by atomic mass is 9.81. The Kier molecular flexibility index (Phi) is 12.3. The summed E-state index contributed by atoms with van der Waals surface area (Å²) < 4.78 is 24.9. The first kappa shape index (κ1) is 42.8. The van der Waals surface area contributed by atoms with Gasteiger partial charge in [-0.15, -0.1) is 45.3 Å².